The van der Waals surface area contributed by atoms with Crippen molar-refractivity contribution in [2.24, 2.45) is 5.73 Å². The van der Waals surface area contributed by atoms with Gasteiger partial charge in [-0.25, -0.2) is 0 Å². The van der Waals surface area contributed by atoms with E-state index < -0.39 is 0 Å². The second-order valence-corrected chi connectivity index (χ2v) is 4.71. The SMILES string of the molecule is CC(C)(CN)c1ccsc1Cl. The summed E-state index contributed by atoms with van der Waals surface area (Å²) in [7, 11) is 0. The summed E-state index contributed by atoms with van der Waals surface area (Å²) in [6.45, 7) is 4.82. The van der Waals surface area contributed by atoms with Crippen molar-refractivity contribution in [3.05, 3.63) is 21.3 Å². The summed E-state index contributed by atoms with van der Waals surface area (Å²) in [6, 6.07) is 2.04. The lowest BCUT2D eigenvalue weighted by atomic mass is 9.87. The normalized spacial score (nSPS) is 12.0. The molecule has 0 unspecified atom stereocenters. The summed E-state index contributed by atoms with van der Waals surface area (Å²) in [4.78, 5) is 0. The van der Waals surface area contributed by atoms with E-state index in [9.17, 15) is 0 Å². The van der Waals surface area contributed by atoms with E-state index in [1.807, 2.05) is 11.4 Å². The molecule has 0 saturated carbocycles. The fourth-order valence-electron chi connectivity index (χ4n) is 0.892. The van der Waals surface area contributed by atoms with Gasteiger partial charge in [0.1, 0.15) is 0 Å². The molecule has 11 heavy (non-hydrogen) atoms. The molecule has 0 spiro atoms. The fourth-order valence-corrected chi connectivity index (χ4v) is 2.16. The van der Waals surface area contributed by atoms with Crippen molar-refractivity contribution in [3.8, 4) is 0 Å². The molecule has 2 N–H and O–H groups in total. The van der Waals surface area contributed by atoms with Gasteiger partial charge in [-0.3, -0.25) is 0 Å². The van der Waals surface area contributed by atoms with Gasteiger partial charge in [-0.15, -0.1) is 11.3 Å². The van der Waals surface area contributed by atoms with Gasteiger partial charge in [-0.1, -0.05) is 25.4 Å². The highest BCUT2D eigenvalue weighted by atomic mass is 35.5. The lowest BCUT2D eigenvalue weighted by molar-refractivity contribution is 0.541. The molecule has 1 aromatic rings. The van der Waals surface area contributed by atoms with Gasteiger partial charge in [0.2, 0.25) is 0 Å². The van der Waals surface area contributed by atoms with Crippen LogP contribution in [0.2, 0.25) is 4.34 Å². The number of nitrogens with two attached hydrogens (primary N) is 1. The van der Waals surface area contributed by atoms with E-state index in [0.717, 1.165) is 9.90 Å². The van der Waals surface area contributed by atoms with Gasteiger partial charge >= 0.3 is 0 Å². The molecule has 0 fully saturated rings. The monoisotopic (exact) mass is 189 g/mol. The topological polar surface area (TPSA) is 26.0 Å². The highest BCUT2D eigenvalue weighted by Crippen LogP contribution is 2.32. The van der Waals surface area contributed by atoms with Crippen molar-refractivity contribution < 1.29 is 0 Å². The quantitative estimate of drug-likeness (QED) is 0.761. The summed E-state index contributed by atoms with van der Waals surface area (Å²) < 4.78 is 0.862. The standard InChI is InChI=1S/C8H12ClNS/c1-8(2,5-10)6-3-4-11-7(6)9/h3-4H,5,10H2,1-2H3. The molecule has 1 aromatic heterocycles. The lowest BCUT2D eigenvalue weighted by Gasteiger charge is -2.21. The maximum Gasteiger partial charge on any atom is 0.0966 e. The zero-order chi connectivity index (χ0) is 8.48. The minimum Gasteiger partial charge on any atom is -0.330 e. The van der Waals surface area contributed by atoms with Gasteiger partial charge in [0, 0.05) is 12.0 Å². The fraction of sp³-hybridized carbons (Fsp3) is 0.500. The van der Waals surface area contributed by atoms with Crippen molar-refractivity contribution in [1.29, 1.82) is 0 Å². The van der Waals surface area contributed by atoms with Gasteiger partial charge in [0.25, 0.3) is 0 Å². The Hall–Kier alpha value is -0.0500. The van der Waals surface area contributed by atoms with Crippen LogP contribution in [0.15, 0.2) is 11.4 Å². The first-order valence-corrected chi connectivity index (χ1v) is 4.77. The molecule has 3 heteroatoms. The summed E-state index contributed by atoms with van der Waals surface area (Å²) in [6.07, 6.45) is 0. The summed E-state index contributed by atoms with van der Waals surface area (Å²) >= 11 is 7.52. The molecule has 0 aromatic carbocycles. The predicted molar refractivity (Wildman–Crippen MR) is 51.4 cm³/mol. The number of hydrogen-bond donors (Lipinski definition) is 1. The van der Waals surface area contributed by atoms with Crippen molar-refractivity contribution in [3.63, 3.8) is 0 Å². The number of rotatable bonds is 2. The number of halogens is 1. The van der Waals surface area contributed by atoms with Gasteiger partial charge in [0.15, 0.2) is 0 Å². The Balaban J connectivity index is 3.00. The molecule has 0 saturated heterocycles. The van der Waals surface area contributed by atoms with E-state index >= 15 is 0 Å². The van der Waals surface area contributed by atoms with E-state index in [4.69, 9.17) is 17.3 Å². The number of thiophene rings is 1. The Kier molecular flexibility index (Phi) is 2.58. The molecule has 1 nitrogen and oxygen atoms in total. The van der Waals surface area contributed by atoms with Crippen LogP contribution in [0.5, 0.6) is 0 Å². The molecule has 0 aliphatic carbocycles. The minimum atomic E-state index is 0.0110. The first-order valence-electron chi connectivity index (χ1n) is 3.51. The Morgan fingerprint density at radius 2 is 2.27 bits per heavy atom. The van der Waals surface area contributed by atoms with Crippen molar-refractivity contribution in [1.82, 2.24) is 0 Å². The Labute approximate surface area is 76.2 Å². The summed E-state index contributed by atoms with van der Waals surface area (Å²) in [5.74, 6) is 0. The predicted octanol–water partition coefficient (Wildman–Crippen LogP) is 2.64. The summed E-state index contributed by atoms with van der Waals surface area (Å²) in [5, 5.41) is 2.00. The molecule has 1 rings (SSSR count). The average molecular weight is 190 g/mol. The maximum absolute atomic E-state index is 5.97. The molecule has 0 amide bonds. The van der Waals surface area contributed by atoms with Gasteiger partial charge in [-0.05, 0) is 17.0 Å². The van der Waals surface area contributed by atoms with Crippen molar-refractivity contribution in [2.45, 2.75) is 19.3 Å². The molecule has 1 heterocycles. The molecule has 62 valence electrons. The highest BCUT2D eigenvalue weighted by molar-refractivity contribution is 7.14. The van der Waals surface area contributed by atoms with E-state index in [1.54, 1.807) is 11.3 Å². The second-order valence-electron chi connectivity index (χ2n) is 3.20. The Morgan fingerprint density at radius 3 is 2.64 bits per heavy atom. The lowest BCUT2D eigenvalue weighted by Crippen LogP contribution is -2.27. The third-order valence-corrected chi connectivity index (χ3v) is 3.03. The molecule has 0 aliphatic rings. The second kappa shape index (κ2) is 3.13. The highest BCUT2D eigenvalue weighted by Gasteiger charge is 2.21. The van der Waals surface area contributed by atoms with E-state index in [-0.39, 0.29) is 5.41 Å². The molecular weight excluding hydrogens is 178 g/mol. The van der Waals surface area contributed by atoms with Crippen LogP contribution in [0, 0.1) is 0 Å². The third kappa shape index (κ3) is 1.75. The minimum absolute atomic E-state index is 0.0110. The van der Waals surface area contributed by atoms with E-state index in [2.05, 4.69) is 13.8 Å². The largest absolute Gasteiger partial charge is 0.330 e. The maximum atomic E-state index is 5.97. The first kappa shape index (κ1) is 9.04. The zero-order valence-electron chi connectivity index (χ0n) is 6.73. The van der Waals surface area contributed by atoms with Crippen LogP contribution in [0.25, 0.3) is 0 Å². The summed E-state index contributed by atoms with van der Waals surface area (Å²) in [5.41, 5.74) is 6.78. The smallest absolute Gasteiger partial charge is 0.0966 e. The van der Waals surface area contributed by atoms with Crippen molar-refractivity contribution in [2.75, 3.05) is 6.54 Å². The Morgan fingerprint density at radius 1 is 1.64 bits per heavy atom. The van der Waals surface area contributed by atoms with Crippen LogP contribution in [-0.4, -0.2) is 6.54 Å². The van der Waals surface area contributed by atoms with Crippen LogP contribution in [0.1, 0.15) is 19.4 Å². The van der Waals surface area contributed by atoms with Crippen molar-refractivity contribution >= 4 is 22.9 Å². The molecule has 0 bridgehead atoms. The number of hydrogen-bond acceptors (Lipinski definition) is 2. The van der Waals surface area contributed by atoms with E-state index in [0.29, 0.717) is 6.54 Å². The van der Waals surface area contributed by atoms with E-state index in [1.165, 1.54) is 0 Å². The van der Waals surface area contributed by atoms with Crippen LogP contribution < -0.4 is 5.73 Å². The van der Waals surface area contributed by atoms with Crippen LogP contribution >= 0.6 is 22.9 Å². The zero-order valence-corrected chi connectivity index (χ0v) is 8.30. The van der Waals surface area contributed by atoms with Crippen LogP contribution in [0.4, 0.5) is 0 Å². The van der Waals surface area contributed by atoms with Crippen LogP contribution in [0.3, 0.4) is 0 Å². The van der Waals surface area contributed by atoms with Gasteiger partial charge in [0.05, 0.1) is 4.34 Å². The third-order valence-electron chi connectivity index (χ3n) is 1.86. The average Bonchev–Trinajstić information content (AvgIpc) is 2.36. The van der Waals surface area contributed by atoms with Gasteiger partial charge < -0.3 is 5.73 Å². The molecular formula is C8H12ClNS. The molecule has 0 radical (unpaired) electrons. The first-order chi connectivity index (χ1) is 5.08. The molecule has 0 atom stereocenters. The van der Waals surface area contributed by atoms with Crippen LogP contribution in [-0.2, 0) is 5.41 Å². The van der Waals surface area contributed by atoms with Gasteiger partial charge in [-0.2, -0.15) is 0 Å². The Bertz CT molecular complexity index is 242. The molecule has 0 aliphatic heterocycles.